The molecule has 0 radical (unpaired) electrons. The van der Waals surface area contributed by atoms with Gasteiger partial charge in [-0.15, -0.1) is 0 Å². The van der Waals surface area contributed by atoms with Crippen molar-refractivity contribution < 1.29 is 23.0 Å². The highest BCUT2D eigenvalue weighted by molar-refractivity contribution is 7.89. The molecular formula is C12H20N2O5S. The Kier molecular flexibility index (Phi) is 6.21. The van der Waals surface area contributed by atoms with Crippen LogP contribution in [-0.4, -0.2) is 58.4 Å². The molecular weight excluding hydrogens is 284 g/mol. The maximum absolute atomic E-state index is 12.5. The van der Waals surface area contributed by atoms with Crippen LogP contribution in [0.15, 0.2) is 23.1 Å². The zero-order chi connectivity index (χ0) is 15.2. The molecule has 20 heavy (non-hydrogen) atoms. The first kappa shape index (κ1) is 16.7. The van der Waals surface area contributed by atoms with Gasteiger partial charge < -0.3 is 20.3 Å². The fourth-order valence-corrected chi connectivity index (χ4v) is 3.09. The quantitative estimate of drug-likeness (QED) is 0.651. The molecule has 1 aromatic rings. The van der Waals surface area contributed by atoms with E-state index >= 15 is 0 Å². The highest BCUT2D eigenvalue weighted by Crippen LogP contribution is 2.26. The van der Waals surface area contributed by atoms with Crippen LogP contribution in [0, 0.1) is 0 Å². The zero-order valence-electron chi connectivity index (χ0n) is 11.6. The number of methoxy groups -OCH3 is 2. The monoisotopic (exact) mass is 304 g/mol. The van der Waals surface area contributed by atoms with Crippen LogP contribution in [-0.2, 0) is 14.8 Å². The number of aliphatic hydroxyl groups excluding tert-OH is 1. The number of nitrogen functional groups attached to an aromatic ring is 1. The number of aliphatic hydroxyl groups is 1. The minimum atomic E-state index is -3.73. The van der Waals surface area contributed by atoms with E-state index in [1.54, 1.807) is 0 Å². The molecule has 0 unspecified atom stereocenters. The van der Waals surface area contributed by atoms with Crippen molar-refractivity contribution in [2.75, 3.05) is 46.3 Å². The van der Waals surface area contributed by atoms with Gasteiger partial charge in [-0.05, 0) is 12.1 Å². The molecule has 0 fully saturated rings. The van der Waals surface area contributed by atoms with Crippen LogP contribution in [0.2, 0.25) is 0 Å². The lowest BCUT2D eigenvalue weighted by Crippen LogP contribution is -2.36. The van der Waals surface area contributed by atoms with Crippen LogP contribution >= 0.6 is 0 Å². The predicted octanol–water partition coefficient (Wildman–Crippen LogP) is -0.0932. The summed E-state index contributed by atoms with van der Waals surface area (Å²) >= 11 is 0. The lowest BCUT2D eigenvalue weighted by Gasteiger charge is -2.21. The van der Waals surface area contributed by atoms with Gasteiger partial charge in [-0.2, -0.15) is 4.31 Å². The summed E-state index contributed by atoms with van der Waals surface area (Å²) in [6.45, 7) is 0.130. The molecule has 0 atom stereocenters. The van der Waals surface area contributed by atoms with E-state index < -0.39 is 10.0 Å². The second-order valence-corrected chi connectivity index (χ2v) is 5.96. The largest absolute Gasteiger partial charge is 0.495 e. The van der Waals surface area contributed by atoms with Gasteiger partial charge in [0.1, 0.15) is 5.75 Å². The predicted molar refractivity (Wildman–Crippen MR) is 75.1 cm³/mol. The fraction of sp³-hybridized carbons (Fsp3) is 0.500. The van der Waals surface area contributed by atoms with Gasteiger partial charge in [0.25, 0.3) is 0 Å². The van der Waals surface area contributed by atoms with Crippen LogP contribution in [0.1, 0.15) is 0 Å². The first-order chi connectivity index (χ1) is 9.47. The molecule has 0 aliphatic rings. The highest BCUT2D eigenvalue weighted by Gasteiger charge is 2.24. The van der Waals surface area contributed by atoms with E-state index in [1.807, 2.05) is 0 Å². The summed E-state index contributed by atoms with van der Waals surface area (Å²) in [6, 6.07) is 4.24. The van der Waals surface area contributed by atoms with Crippen molar-refractivity contribution in [3.63, 3.8) is 0 Å². The minimum absolute atomic E-state index is 0.00160. The van der Waals surface area contributed by atoms with Gasteiger partial charge >= 0.3 is 0 Å². The summed E-state index contributed by atoms with van der Waals surface area (Å²) in [4.78, 5) is 0.0631. The van der Waals surface area contributed by atoms with E-state index in [2.05, 4.69) is 0 Å². The molecule has 0 heterocycles. The summed E-state index contributed by atoms with van der Waals surface area (Å²) in [5.41, 5.74) is 6.02. The first-order valence-electron chi connectivity index (χ1n) is 6.00. The molecule has 0 aromatic heterocycles. The average Bonchev–Trinajstić information content (AvgIpc) is 2.43. The third-order valence-electron chi connectivity index (χ3n) is 2.74. The first-order valence-corrected chi connectivity index (χ1v) is 7.44. The van der Waals surface area contributed by atoms with E-state index in [-0.39, 0.29) is 31.2 Å². The number of nitrogens with zero attached hydrogens (tertiary/aromatic N) is 1. The van der Waals surface area contributed by atoms with Crippen LogP contribution in [0.5, 0.6) is 5.75 Å². The number of ether oxygens (including phenoxy) is 2. The number of nitrogens with two attached hydrogens (primary N) is 1. The highest BCUT2D eigenvalue weighted by atomic mass is 32.2. The van der Waals surface area contributed by atoms with Crippen LogP contribution in [0.3, 0.4) is 0 Å². The molecule has 114 valence electrons. The Bertz CT molecular complexity index is 533. The third-order valence-corrected chi connectivity index (χ3v) is 4.63. The minimum Gasteiger partial charge on any atom is -0.495 e. The lowest BCUT2D eigenvalue weighted by atomic mass is 10.3. The maximum Gasteiger partial charge on any atom is 0.243 e. The van der Waals surface area contributed by atoms with E-state index in [4.69, 9.17) is 20.3 Å². The summed E-state index contributed by atoms with van der Waals surface area (Å²) < 4.78 is 36.0. The topological polar surface area (TPSA) is 102 Å². The maximum atomic E-state index is 12.5. The van der Waals surface area contributed by atoms with Gasteiger partial charge in [-0.3, -0.25) is 0 Å². The molecule has 0 amide bonds. The summed E-state index contributed by atoms with van der Waals surface area (Å²) in [5.74, 6) is 0.293. The van der Waals surface area contributed by atoms with E-state index in [9.17, 15) is 8.42 Å². The summed E-state index contributed by atoms with van der Waals surface area (Å²) in [5, 5.41) is 9.00. The molecule has 0 aliphatic heterocycles. The van der Waals surface area contributed by atoms with Crippen LogP contribution in [0.25, 0.3) is 0 Å². The normalized spacial score (nSPS) is 11.8. The van der Waals surface area contributed by atoms with Crippen molar-refractivity contribution in [3.05, 3.63) is 18.2 Å². The second-order valence-electron chi connectivity index (χ2n) is 4.02. The number of anilines is 1. The van der Waals surface area contributed by atoms with Crippen molar-refractivity contribution in [1.29, 1.82) is 0 Å². The molecule has 1 rings (SSSR count). The third kappa shape index (κ3) is 3.83. The number of sulfonamides is 1. The Morgan fingerprint density at radius 1 is 1.30 bits per heavy atom. The Hall–Kier alpha value is -1.35. The molecule has 0 aliphatic carbocycles. The number of hydrogen-bond donors (Lipinski definition) is 2. The molecule has 7 nitrogen and oxygen atoms in total. The summed E-state index contributed by atoms with van der Waals surface area (Å²) in [7, 11) is -0.830. The van der Waals surface area contributed by atoms with Crippen LogP contribution in [0.4, 0.5) is 5.69 Å². The molecule has 0 spiro atoms. The molecule has 0 saturated heterocycles. The molecule has 3 N–H and O–H groups in total. The molecule has 8 heteroatoms. The van der Waals surface area contributed by atoms with Crippen molar-refractivity contribution in [1.82, 2.24) is 4.31 Å². The standard InChI is InChI=1S/C12H20N2O5S/c1-18-8-6-14(5-7-15)20(16,17)10-3-4-11(13)12(9-10)19-2/h3-4,9,15H,5-8,13H2,1-2H3. The molecule has 0 bridgehead atoms. The van der Waals surface area contributed by atoms with E-state index in [0.717, 1.165) is 4.31 Å². The summed E-state index contributed by atoms with van der Waals surface area (Å²) in [6.07, 6.45) is 0. The van der Waals surface area contributed by atoms with Crippen molar-refractivity contribution in [3.8, 4) is 5.75 Å². The average molecular weight is 304 g/mol. The SMILES string of the molecule is COCCN(CCO)S(=O)(=O)c1ccc(N)c(OC)c1. The molecule has 1 aromatic carbocycles. The Morgan fingerprint density at radius 3 is 2.55 bits per heavy atom. The van der Waals surface area contributed by atoms with Gasteiger partial charge in [0.05, 0.1) is 30.9 Å². The fourth-order valence-electron chi connectivity index (χ4n) is 1.66. The van der Waals surface area contributed by atoms with Crippen molar-refractivity contribution in [2.24, 2.45) is 0 Å². The number of benzene rings is 1. The molecule has 0 saturated carbocycles. The number of rotatable bonds is 8. The van der Waals surface area contributed by atoms with Gasteiger partial charge in [0, 0.05) is 26.3 Å². The Balaban J connectivity index is 3.11. The lowest BCUT2D eigenvalue weighted by molar-refractivity contribution is 0.168. The zero-order valence-corrected chi connectivity index (χ0v) is 12.4. The van der Waals surface area contributed by atoms with E-state index in [1.165, 1.54) is 32.4 Å². The Labute approximate surface area is 119 Å². The van der Waals surface area contributed by atoms with Gasteiger partial charge in [0.2, 0.25) is 10.0 Å². The number of hydrogen-bond acceptors (Lipinski definition) is 6. The van der Waals surface area contributed by atoms with Crippen LogP contribution < -0.4 is 10.5 Å². The van der Waals surface area contributed by atoms with E-state index in [0.29, 0.717) is 11.4 Å². The van der Waals surface area contributed by atoms with Crippen molar-refractivity contribution in [2.45, 2.75) is 4.90 Å². The van der Waals surface area contributed by atoms with Crippen molar-refractivity contribution >= 4 is 15.7 Å². The van der Waals surface area contributed by atoms with Gasteiger partial charge in [-0.1, -0.05) is 0 Å². The van der Waals surface area contributed by atoms with Gasteiger partial charge in [-0.25, -0.2) is 8.42 Å². The van der Waals surface area contributed by atoms with Gasteiger partial charge in [0.15, 0.2) is 0 Å². The smallest absolute Gasteiger partial charge is 0.243 e. The second kappa shape index (κ2) is 7.44. The Morgan fingerprint density at radius 2 is 2.00 bits per heavy atom.